The molecule has 5 atom stereocenters. The first-order valence-electron chi connectivity index (χ1n) is 9.75. The highest BCUT2D eigenvalue weighted by Crippen LogP contribution is 2.40. The molecule has 0 bridgehead atoms. The topological polar surface area (TPSA) is 65.1 Å². The number of methoxy groups -OCH3 is 1. The Balaban J connectivity index is 1.63. The number of fused-ring (bicyclic) bond motifs is 1. The lowest BCUT2D eigenvalue weighted by molar-refractivity contribution is -0.159. The second-order valence-electron chi connectivity index (χ2n) is 7.60. The lowest BCUT2D eigenvalue weighted by Crippen LogP contribution is -2.50. The number of carbonyl (C=O) groups excluding carboxylic acids is 2. The summed E-state index contributed by atoms with van der Waals surface area (Å²) in [5.41, 5.74) is 0. The van der Waals surface area contributed by atoms with Crippen LogP contribution in [0.5, 0.6) is 0 Å². The molecule has 6 nitrogen and oxygen atoms in total. The molecular weight excluding hydrogens is 322 g/mol. The third kappa shape index (κ3) is 4.17. The van der Waals surface area contributed by atoms with Crippen LogP contribution in [-0.4, -0.2) is 61.4 Å². The van der Waals surface area contributed by atoms with Crippen LogP contribution in [0.25, 0.3) is 0 Å². The molecule has 0 N–H and O–H groups in total. The zero-order valence-electron chi connectivity index (χ0n) is 15.4. The fraction of sp³-hybridized carbons (Fsp3) is 0.895. The van der Waals surface area contributed by atoms with Crippen molar-refractivity contribution in [1.29, 1.82) is 0 Å². The van der Waals surface area contributed by atoms with Crippen molar-refractivity contribution in [3.8, 4) is 0 Å². The van der Waals surface area contributed by atoms with Gasteiger partial charge in [-0.15, -0.1) is 0 Å². The standard InChI is InChI=1S/C19H31NO5/c1-13(25-12-15-8-5-6-10-24-15)18(21)20-16-9-4-3-7-14(16)11-17(20)19(22)23-2/h13-17H,3-12H2,1-2H3/t13?,14-,15?,16-,17-/m0/s1. The van der Waals surface area contributed by atoms with E-state index in [2.05, 4.69) is 0 Å². The van der Waals surface area contributed by atoms with Gasteiger partial charge < -0.3 is 19.1 Å². The Morgan fingerprint density at radius 2 is 1.92 bits per heavy atom. The maximum Gasteiger partial charge on any atom is 0.328 e. The van der Waals surface area contributed by atoms with Gasteiger partial charge in [0, 0.05) is 12.6 Å². The smallest absolute Gasteiger partial charge is 0.328 e. The molecule has 0 spiro atoms. The molecule has 0 aromatic rings. The van der Waals surface area contributed by atoms with Crippen LogP contribution >= 0.6 is 0 Å². The molecule has 0 aromatic carbocycles. The molecule has 3 rings (SSSR count). The Labute approximate surface area is 150 Å². The van der Waals surface area contributed by atoms with E-state index in [1.165, 1.54) is 13.5 Å². The zero-order valence-corrected chi connectivity index (χ0v) is 15.4. The molecule has 2 aliphatic heterocycles. The average Bonchev–Trinajstić information content (AvgIpc) is 3.05. The van der Waals surface area contributed by atoms with Gasteiger partial charge >= 0.3 is 5.97 Å². The van der Waals surface area contributed by atoms with Crippen molar-refractivity contribution < 1.29 is 23.8 Å². The summed E-state index contributed by atoms with van der Waals surface area (Å²) in [5.74, 6) is 0.0295. The predicted molar refractivity (Wildman–Crippen MR) is 92.0 cm³/mol. The maximum absolute atomic E-state index is 13.1. The lowest BCUT2D eigenvalue weighted by Gasteiger charge is -2.35. The van der Waals surface area contributed by atoms with Crippen molar-refractivity contribution >= 4 is 11.9 Å². The van der Waals surface area contributed by atoms with Gasteiger partial charge in [0.1, 0.15) is 12.1 Å². The largest absolute Gasteiger partial charge is 0.467 e. The van der Waals surface area contributed by atoms with Crippen LogP contribution in [0.4, 0.5) is 0 Å². The number of ether oxygens (including phenoxy) is 3. The summed E-state index contributed by atoms with van der Waals surface area (Å²) in [6.45, 7) is 3.00. The number of nitrogens with zero attached hydrogens (tertiary/aromatic N) is 1. The number of rotatable bonds is 5. The van der Waals surface area contributed by atoms with E-state index in [0.29, 0.717) is 12.5 Å². The molecule has 2 saturated heterocycles. The van der Waals surface area contributed by atoms with Crippen molar-refractivity contribution in [3.63, 3.8) is 0 Å². The molecule has 6 heteroatoms. The van der Waals surface area contributed by atoms with E-state index in [0.717, 1.165) is 51.6 Å². The summed E-state index contributed by atoms with van der Waals surface area (Å²) in [6, 6.07) is -0.301. The van der Waals surface area contributed by atoms with E-state index in [1.807, 2.05) is 0 Å². The molecule has 1 saturated carbocycles. The minimum absolute atomic E-state index is 0.0828. The van der Waals surface area contributed by atoms with Crippen molar-refractivity contribution in [2.75, 3.05) is 20.3 Å². The lowest BCUT2D eigenvalue weighted by atomic mass is 9.84. The summed E-state index contributed by atoms with van der Waals surface area (Å²) in [4.78, 5) is 27.1. The number of hydrogen-bond acceptors (Lipinski definition) is 5. The summed E-state index contributed by atoms with van der Waals surface area (Å²) in [5, 5.41) is 0. The number of hydrogen-bond donors (Lipinski definition) is 0. The van der Waals surface area contributed by atoms with E-state index in [4.69, 9.17) is 14.2 Å². The molecule has 142 valence electrons. The van der Waals surface area contributed by atoms with Crippen LogP contribution in [0.3, 0.4) is 0 Å². The van der Waals surface area contributed by atoms with Crippen molar-refractivity contribution in [2.24, 2.45) is 5.92 Å². The molecule has 2 unspecified atom stereocenters. The maximum atomic E-state index is 13.1. The predicted octanol–water partition coefficient (Wildman–Crippen LogP) is 2.29. The first-order valence-corrected chi connectivity index (χ1v) is 9.75. The summed E-state index contributed by atoms with van der Waals surface area (Å²) < 4.78 is 16.5. The van der Waals surface area contributed by atoms with Crippen molar-refractivity contribution in [2.45, 2.75) is 82.6 Å². The Bertz CT molecular complexity index is 476. The number of carbonyl (C=O) groups is 2. The number of amides is 1. The van der Waals surface area contributed by atoms with Crippen LogP contribution in [0.15, 0.2) is 0 Å². The fourth-order valence-corrected chi connectivity index (χ4v) is 4.60. The molecule has 1 amide bonds. The van der Waals surface area contributed by atoms with Gasteiger partial charge in [-0.2, -0.15) is 0 Å². The molecule has 1 aliphatic carbocycles. The molecule has 2 heterocycles. The molecule has 0 aromatic heterocycles. The van der Waals surface area contributed by atoms with Crippen LogP contribution in [-0.2, 0) is 23.8 Å². The fourth-order valence-electron chi connectivity index (χ4n) is 4.60. The zero-order chi connectivity index (χ0) is 17.8. The highest BCUT2D eigenvalue weighted by molar-refractivity contribution is 5.88. The van der Waals surface area contributed by atoms with Crippen LogP contribution in [0.2, 0.25) is 0 Å². The van der Waals surface area contributed by atoms with E-state index >= 15 is 0 Å². The van der Waals surface area contributed by atoms with Gasteiger partial charge in [0.05, 0.1) is 19.8 Å². The van der Waals surface area contributed by atoms with Gasteiger partial charge in [0.2, 0.25) is 0 Å². The van der Waals surface area contributed by atoms with E-state index in [9.17, 15) is 9.59 Å². The quantitative estimate of drug-likeness (QED) is 0.710. The first-order chi connectivity index (χ1) is 12.1. The molecule has 0 radical (unpaired) electrons. The molecule has 25 heavy (non-hydrogen) atoms. The molecule has 3 fully saturated rings. The third-order valence-electron chi connectivity index (χ3n) is 5.97. The van der Waals surface area contributed by atoms with E-state index < -0.39 is 12.1 Å². The van der Waals surface area contributed by atoms with Crippen LogP contribution in [0, 0.1) is 5.92 Å². The van der Waals surface area contributed by atoms with Gasteiger partial charge in [0.25, 0.3) is 5.91 Å². The first kappa shape index (κ1) is 18.6. The monoisotopic (exact) mass is 353 g/mol. The van der Waals surface area contributed by atoms with Crippen molar-refractivity contribution in [3.05, 3.63) is 0 Å². The Hall–Kier alpha value is -1.14. The Morgan fingerprint density at radius 3 is 2.64 bits per heavy atom. The van der Waals surface area contributed by atoms with Gasteiger partial charge in [0.15, 0.2) is 0 Å². The summed E-state index contributed by atoms with van der Waals surface area (Å²) >= 11 is 0. The third-order valence-corrected chi connectivity index (χ3v) is 5.97. The van der Waals surface area contributed by atoms with Crippen molar-refractivity contribution in [1.82, 2.24) is 4.90 Å². The molecule has 3 aliphatic rings. The average molecular weight is 353 g/mol. The highest BCUT2D eigenvalue weighted by Gasteiger charge is 2.48. The summed E-state index contributed by atoms with van der Waals surface area (Å²) in [6.07, 6.45) is 7.85. The number of likely N-dealkylation sites (tertiary alicyclic amines) is 1. The van der Waals surface area contributed by atoms with Crippen LogP contribution < -0.4 is 0 Å². The second-order valence-corrected chi connectivity index (χ2v) is 7.60. The second kappa shape index (κ2) is 8.49. The Kier molecular flexibility index (Phi) is 6.34. The minimum Gasteiger partial charge on any atom is -0.467 e. The van der Waals surface area contributed by atoms with Gasteiger partial charge in [-0.25, -0.2) is 4.79 Å². The number of esters is 1. The molecular formula is C19H31NO5. The SMILES string of the molecule is COC(=O)[C@@H]1C[C@@H]2CCCC[C@@H]2N1C(=O)C(C)OCC1CCCCO1. The summed E-state index contributed by atoms with van der Waals surface area (Å²) in [7, 11) is 1.40. The van der Waals surface area contributed by atoms with Crippen LogP contribution in [0.1, 0.15) is 58.3 Å². The normalized spacial score (nSPS) is 33.6. The Morgan fingerprint density at radius 1 is 1.16 bits per heavy atom. The van der Waals surface area contributed by atoms with Gasteiger partial charge in [-0.3, -0.25) is 4.79 Å². The highest BCUT2D eigenvalue weighted by atomic mass is 16.5. The minimum atomic E-state index is -0.557. The van der Waals surface area contributed by atoms with Gasteiger partial charge in [-0.1, -0.05) is 12.8 Å². The van der Waals surface area contributed by atoms with E-state index in [-0.39, 0.29) is 24.0 Å². The van der Waals surface area contributed by atoms with E-state index in [1.54, 1.807) is 11.8 Å². The van der Waals surface area contributed by atoms with Gasteiger partial charge in [-0.05, 0) is 51.4 Å².